The molecule has 1 unspecified atom stereocenters. The van der Waals surface area contributed by atoms with Crippen LogP contribution < -0.4 is 0 Å². The van der Waals surface area contributed by atoms with Crippen molar-refractivity contribution in [3.63, 3.8) is 0 Å². The first-order chi connectivity index (χ1) is 7.83. The van der Waals surface area contributed by atoms with Gasteiger partial charge in [0, 0.05) is 25.4 Å². The Balaban J connectivity index is 2.55. The summed E-state index contributed by atoms with van der Waals surface area (Å²) in [5.74, 6) is -0.330. The van der Waals surface area contributed by atoms with Crippen molar-refractivity contribution in [2.75, 3.05) is 19.8 Å². The minimum absolute atomic E-state index is 0.0439. The van der Waals surface area contributed by atoms with Gasteiger partial charge in [0.15, 0.2) is 0 Å². The van der Waals surface area contributed by atoms with E-state index in [2.05, 4.69) is 0 Å². The average molecular weight is 245 g/mol. The van der Waals surface area contributed by atoms with Crippen LogP contribution in [0, 0.1) is 5.92 Å². The Morgan fingerprint density at radius 1 is 1.53 bits per heavy atom. The molecule has 98 valence electrons. The van der Waals surface area contributed by atoms with Gasteiger partial charge in [-0.2, -0.15) is 0 Å². The fourth-order valence-electron chi connectivity index (χ4n) is 1.78. The molecule has 0 aromatic heterocycles. The average Bonchev–Trinajstić information content (AvgIpc) is 2.19. The molecule has 1 heterocycles. The van der Waals surface area contributed by atoms with Crippen molar-refractivity contribution in [3.8, 4) is 0 Å². The van der Waals surface area contributed by atoms with Gasteiger partial charge in [0.05, 0.1) is 6.67 Å². The number of nitrogens with zero attached hydrogens (tertiary/aromatic N) is 1. The van der Waals surface area contributed by atoms with Gasteiger partial charge in [-0.25, -0.2) is 4.79 Å². The van der Waals surface area contributed by atoms with Crippen LogP contribution in [0.25, 0.3) is 0 Å². The molecule has 1 atom stereocenters. The first-order valence-corrected chi connectivity index (χ1v) is 5.90. The summed E-state index contributed by atoms with van der Waals surface area (Å²) in [6.07, 6.45) is 0.0658. The smallest absolute Gasteiger partial charge is 0.410 e. The number of likely N-dealkylation sites (tertiary alicyclic amines) is 1. The predicted octanol–water partition coefficient (Wildman–Crippen LogP) is 2.17. The third-order valence-corrected chi connectivity index (χ3v) is 2.63. The van der Waals surface area contributed by atoms with Crippen LogP contribution in [0.15, 0.2) is 0 Å². The highest BCUT2D eigenvalue weighted by atomic mass is 19.1. The lowest BCUT2D eigenvalue weighted by Crippen LogP contribution is -2.46. The van der Waals surface area contributed by atoms with Crippen LogP contribution >= 0.6 is 0 Å². The van der Waals surface area contributed by atoms with Gasteiger partial charge < -0.3 is 9.64 Å². The van der Waals surface area contributed by atoms with Crippen molar-refractivity contribution in [3.05, 3.63) is 0 Å². The maximum Gasteiger partial charge on any atom is 0.410 e. The molecule has 0 bridgehead atoms. The van der Waals surface area contributed by atoms with Crippen LogP contribution in [0.5, 0.6) is 0 Å². The Bertz CT molecular complexity index is 299. The molecule has 1 saturated heterocycles. The van der Waals surface area contributed by atoms with Gasteiger partial charge in [-0.05, 0) is 27.2 Å². The highest BCUT2D eigenvalue weighted by molar-refractivity contribution is 5.84. The number of hydrogen-bond donors (Lipinski definition) is 0. The molecule has 5 heteroatoms. The highest BCUT2D eigenvalue weighted by Gasteiger charge is 2.31. The number of hydrogen-bond acceptors (Lipinski definition) is 3. The highest BCUT2D eigenvalue weighted by Crippen LogP contribution is 2.19. The molecule has 1 fully saturated rings. The number of carbonyl (C=O) groups excluding carboxylic acids is 2. The van der Waals surface area contributed by atoms with Crippen molar-refractivity contribution in [2.24, 2.45) is 5.92 Å². The third-order valence-electron chi connectivity index (χ3n) is 2.63. The first kappa shape index (κ1) is 13.9. The fraction of sp³-hybridized carbons (Fsp3) is 0.833. The summed E-state index contributed by atoms with van der Waals surface area (Å²) in [5.41, 5.74) is -0.547. The van der Waals surface area contributed by atoms with E-state index in [9.17, 15) is 14.0 Å². The molecule has 0 saturated carbocycles. The molecular weight excluding hydrogens is 225 g/mol. The number of Topliss-reactive ketones (excluding diaryl/α,β-unsaturated/α-hetero) is 1. The molecule has 0 N–H and O–H groups in total. The number of halogens is 1. The van der Waals surface area contributed by atoms with Gasteiger partial charge in [-0.1, -0.05) is 0 Å². The summed E-state index contributed by atoms with van der Waals surface area (Å²) in [5, 5.41) is 0. The van der Waals surface area contributed by atoms with E-state index in [1.165, 1.54) is 4.90 Å². The molecule has 0 aromatic rings. The molecule has 0 spiro atoms. The van der Waals surface area contributed by atoms with Gasteiger partial charge in [-0.15, -0.1) is 0 Å². The molecule has 0 radical (unpaired) electrons. The Kier molecular flexibility index (Phi) is 4.48. The van der Waals surface area contributed by atoms with Crippen molar-refractivity contribution in [1.82, 2.24) is 4.90 Å². The maximum absolute atomic E-state index is 12.3. The van der Waals surface area contributed by atoms with E-state index >= 15 is 0 Å². The lowest BCUT2D eigenvalue weighted by molar-refractivity contribution is -0.126. The number of alkyl halides is 1. The van der Waals surface area contributed by atoms with E-state index in [0.29, 0.717) is 13.0 Å². The first-order valence-electron chi connectivity index (χ1n) is 5.90. The van der Waals surface area contributed by atoms with Gasteiger partial charge in [0.25, 0.3) is 0 Å². The Morgan fingerprint density at radius 3 is 2.71 bits per heavy atom. The molecule has 4 nitrogen and oxygen atoms in total. The number of ketones is 1. The predicted molar refractivity (Wildman–Crippen MR) is 61.5 cm³/mol. The number of piperidine rings is 1. The zero-order valence-corrected chi connectivity index (χ0v) is 10.7. The largest absolute Gasteiger partial charge is 0.444 e. The van der Waals surface area contributed by atoms with Crippen molar-refractivity contribution < 1.29 is 18.7 Å². The quantitative estimate of drug-likeness (QED) is 0.749. The number of rotatable bonds is 2. The standard InChI is InChI=1S/C12H20FNO3/c1-12(2,3)17-11(16)14-7-5-10(15)9(8-14)4-6-13/h9H,4-8H2,1-3H3. The molecule has 1 aliphatic heterocycles. The van der Waals surface area contributed by atoms with Gasteiger partial charge >= 0.3 is 6.09 Å². The molecule has 1 aliphatic rings. The topological polar surface area (TPSA) is 46.6 Å². The molecule has 0 aromatic carbocycles. The molecule has 1 amide bonds. The Hall–Kier alpha value is -1.13. The molecular formula is C12H20FNO3. The monoisotopic (exact) mass is 245 g/mol. The molecule has 1 rings (SSSR count). The second-order valence-electron chi connectivity index (χ2n) is 5.32. The number of amides is 1. The van der Waals surface area contributed by atoms with E-state index in [1.54, 1.807) is 20.8 Å². The van der Waals surface area contributed by atoms with Gasteiger partial charge in [0.2, 0.25) is 0 Å². The van der Waals surface area contributed by atoms with E-state index in [0.717, 1.165) is 0 Å². The summed E-state index contributed by atoms with van der Waals surface area (Å²) >= 11 is 0. The van der Waals surface area contributed by atoms with E-state index < -0.39 is 18.4 Å². The van der Waals surface area contributed by atoms with Crippen LogP contribution in [0.3, 0.4) is 0 Å². The van der Waals surface area contributed by atoms with Gasteiger partial charge in [-0.3, -0.25) is 9.18 Å². The lowest BCUT2D eigenvalue weighted by Gasteiger charge is -2.33. The summed E-state index contributed by atoms with van der Waals surface area (Å²) in [6, 6.07) is 0. The summed E-state index contributed by atoms with van der Waals surface area (Å²) < 4.78 is 17.5. The van der Waals surface area contributed by atoms with E-state index in [1.807, 2.05) is 0 Å². The third kappa shape index (κ3) is 4.32. The normalized spacial score (nSPS) is 21.5. The maximum atomic E-state index is 12.3. The Morgan fingerprint density at radius 2 is 2.18 bits per heavy atom. The SMILES string of the molecule is CC(C)(C)OC(=O)N1CCC(=O)C(CCF)C1. The zero-order valence-electron chi connectivity index (χ0n) is 10.7. The summed E-state index contributed by atoms with van der Waals surface area (Å²) in [7, 11) is 0. The van der Waals surface area contributed by atoms with Crippen LogP contribution in [-0.4, -0.2) is 42.1 Å². The van der Waals surface area contributed by atoms with E-state index in [-0.39, 0.29) is 24.7 Å². The summed E-state index contributed by atoms with van der Waals surface area (Å²) in [6.45, 7) is 5.49. The van der Waals surface area contributed by atoms with Crippen molar-refractivity contribution >= 4 is 11.9 Å². The minimum Gasteiger partial charge on any atom is -0.444 e. The Labute approximate surface area is 101 Å². The second kappa shape index (κ2) is 5.47. The van der Waals surface area contributed by atoms with E-state index in [4.69, 9.17) is 4.74 Å². The lowest BCUT2D eigenvalue weighted by atomic mass is 9.94. The zero-order chi connectivity index (χ0) is 13.1. The number of carbonyl (C=O) groups is 2. The van der Waals surface area contributed by atoms with Crippen LogP contribution in [-0.2, 0) is 9.53 Å². The summed E-state index contributed by atoms with van der Waals surface area (Å²) in [4.78, 5) is 24.8. The minimum atomic E-state index is -0.547. The van der Waals surface area contributed by atoms with Crippen LogP contribution in [0.1, 0.15) is 33.6 Å². The van der Waals surface area contributed by atoms with Crippen LogP contribution in [0.4, 0.5) is 9.18 Å². The van der Waals surface area contributed by atoms with Crippen LogP contribution in [0.2, 0.25) is 0 Å². The van der Waals surface area contributed by atoms with Crippen molar-refractivity contribution in [1.29, 1.82) is 0 Å². The van der Waals surface area contributed by atoms with Crippen molar-refractivity contribution in [2.45, 2.75) is 39.2 Å². The second-order valence-corrected chi connectivity index (χ2v) is 5.32. The molecule has 17 heavy (non-hydrogen) atoms. The number of ether oxygens (including phenoxy) is 1. The van der Waals surface area contributed by atoms with Gasteiger partial charge in [0.1, 0.15) is 11.4 Å². The fourth-order valence-corrected chi connectivity index (χ4v) is 1.78. The molecule has 0 aliphatic carbocycles.